The molecule has 0 unspecified atom stereocenters. The van der Waals surface area contributed by atoms with Crippen molar-refractivity contribution in [3.8, 4) is 5.75 Å². The Morgan fingerprint density at radius 1 is 1.35 bits per heavy atom. The lowest BCUT2D eigenvalue weighted by molar-refractivity contribution is 0.0996. The van der Waals surface area contributed by atoms with Crippen molar-refractivity contribution < 1.29 is 13.9 Å². The summed E-state index contributed by atoms with van der Waals surface area (Å²) < 4.78 is 10.4. The van der Waals surface area contributed by atoms with Crippen molar-refractivity contribution in [2.24, 2.45) is 0 Å². The maximum atomic E-state index is 12.1. The summed E-state index contributed by atoms with van der Waals surface area (Å²) in [6.45, 7) is 1.81. The van der Waals surface area contributed by atoms with E-state index in [1.807, 2.05) is 31.2 Å². The fourth-order valence-corrected chi connectivity index (χ4v) is 2.86. The lowest BCUT2D eigenvalue weighted by Gasteiger charge is -2.02. The number of carbonyl (C=O) groups is 1. The van der Waals surface area contributed by atoms with Gasteiger partial charge in [-0.05, 0) is 30.7 Å². The molecule has 0 bridgehead atoms. The van der Waals surface area contributed by atoms with E-state index in [9.17, 15) is 4.79 Å². The molecular weight excluding hydrogens is 314 g/mol. The zero-order chi connectivity index (χ0) is 16.2. The number of methoxy groups -OCH3 is 1. The van der Waals surface area contributed by atoms with Gasteiger partial charge >= 0.3 is 0 Å². The Hall–Kier alpha value is -2.67. The van der Waals surface area contributed by atoms with E-state index in [1.165, 1.54) is 17.6 Å². The van der Waals surface area contributed by atoms with Crippen molar-refractivity contribution in [2.75, 3.05) is 12.4 Å². The highest BCUT2D eigenvalue weighted by atomic mass is 32.1. The lowest BCUT2D eigenvalue weighted by Crippen LogP contribution is -2.11. The van der Waals surface area contributed by atoms with E-state index in [0.717, 1.165) is 21.9 Å². The lowest BCUT2D eigenvalue weighted by atomic mass is 10.1. The maximum absolute atomic E-state index is 12.1. The average molecular weight is 329 g/mol. The number of aryl methyl sites for hydroxylation is 1. The summed E-state index contributed by atoms with van der Waals surface area (Å²) in [5, 5.41) is 12.1. The molecule has 1 amide bonds. The van der Waals surface area contributed by atoms with E-state index in [1.54, 1.807) is 13.2 Å². The maximum Gasteiger partial charge on any atom is 0.293 e. The van der Waals surface area contributed by atoms with Gasteiger partial charge in [0.1, 0.15) is 10.8 Å². The van der Waals surface area contributed by atoms with Crippen molar-refractivity contribution in [1.82, 2.24) is 10.2 Å². The molecule has 3 aromatic rings. The summed E-state index contributed by atoms with van der Waals surface area (Å²) >= 11 is 1.34. The Bertz CT molecular complexity index is 825. The average Bonchev–Trinajstić information content (AvgIpc) is 3.16. The number of benzene rings is 1. The zero-order valence-corrected chi connectivity index (χ0v) is 13.5. The molecule has 0 spiro atoms. The van der Waals surface area contributed by atoms with Crippen LogP contribution in [0.4, 0.5) is 5.13 Å². The molecule has 0 saturated carbocycles. The van der Waals surface area contributed by atoms with Gasteiger partial charge in [0.05, 0.1) is 13.4 Å². The second-order valence-corrected chi connectivity index (χ2v) is 5.98. The number of rotatable bonds is 5. The Balaban J connectivity index is 1.68. The van der Waals surface area contributed by atoms with Gasteiger partial charge in [0.25, 0.3) is 5.91 Å². The molecule has 1 N–H and O–H groups in total. The molecule has 0 saturated heterocycles. The van der Waals surface area contributed by atoms with Crippen LogP contribution in [-0.2, 0) is 6.42 Å². The summed E-state index contributed by atoms with van der Waals surface area (Å²) in [4.78, 5) is 12.1. The highest BCUT2D eigenvalue weighted by Crippen LogP contribution is 2.21. The van der Waals surface area contributed by atoms with Crippen molar-refractivity contribution in [2.45, 2.75) is 13.3 Å². The number of amides is 1. The van der Waals surface area contributed by atoms with Gasteiger partial charge in [0, 0.05) is 12.0 Å². The van der Waals surface area contributed by atoms with Crippen LogP contribution in [0.25, 0.3) is 0 Å². The summed E-state index contributed by atoms with van der Waals surface area (Å²) in [5.74, 6) is 0.764. The first-order chi connectivity index (χ1) is 11.2. The highest BCUT2D eigenvalue weighted by molar-refractivity contribution is 7.15. The molecule has 0 fully saturated rings. The molecule has 2 heterocycles. The van der Waals surface area contributed by atoms with Crippen LogP contribution >= 0.6 is 11.3 Å². The van der Waals surface area contributed by atoms with Crippen molar-refractivity contribution >= 4 is 22.4 Å². The Kier molecular flexibility index (Phi) is 4.38. The van der Waals surface area contributed by atoms with Gasteiger partial charge in [0.2, 0.25) is 5.13 Å². The number of anilines is 1. The minimum atomic E-state index is -0.323. The third kappa shape index (κ3) is 3.57. The Morgan fingerprint density at radius 2 is 2.22 bits per heavy atom. The molecule has 7 heteroatoms. The number of aromatic nitrogens is 2. The molecule has 2 aromatic heterocycles. The minimum Gasteiger partial charge on any atom is -0.497 e. The molecule has 0 atom stereocenters. The second kappa shape index (κ2) is 6.62. The van der Waals surface area contributed by atoms with E-state index in [4.69, 9.17) is 9.15 Å². The molecule has 6 nitrogen and oxygen atoms in total. The largest absolute Gasteiger partial charge is 0.497 e. The van der Waals surface area contributed by atoms with Crippen molar-refractivity contribution in [1.29, 1.82) is 0 Å². The summed E-state index contributed by atoms with van der Waals surface area (Å²) in [7, 11) is 1.63. The first kappa shape index (κ1) is 15.2. The van der Waals surface area contributed by atoms with Gasteiger partial charge < -0.3 is 9.15 Å². The first-order valence-corrected chi connectivity index (χ1v) is 7.78. The smallest absolute Gasteiger partial charge is 0.293 e. The van der Waals surface area contributed by atoms with E-state index >= 15 is 0 Å². The van der Waals surface area contributed by atoms with Crippen LogP contribution in [0.15, 0.2) is 41.0 Å². The van der Waals surface area contributed by atoms with Crippen LogP contribution in [0, 0.1) is 6.92 Å². The van der Waals surface area contributed by atoms with Crippen molar-refractivity contribution in [3.63, 3.8) is 0 Å². The van der Waals surface area contributed by atoms with Crippen LogP contribution in [0.1, 0.15) is 26.7 Å². The number of furan rings is 1. The molecule has 23 heavy (non-hydrogen) atoms. The number of hydrogen-bond donors (Lipinski definition) is 1. The number of ether oxygens (including phenoxy) is 1. The van der Waals surface area contributed by atoms with Crippen molar-refractivity contribution in [3.05, 3.63) is 58.5 Å². The molecule has 1 aromatic carbocycles. The monoisotopic (exact) mass is 329 g/mol. The van der Waals surface area contributed by atoms with E-state index in [0.29, 0.717) is 11.6 Å². The molecule has 118 valence electrons. The number of hydrogen-bond acceptors (Lipinski definition) is 6. The molecule has 0 radical (unpaired) electrons. The van der Waals surface area contributed by atoms with E-state index in [2.05, 4.69) is 15.5 Å². The molecular formula is C16H15N3O3S. The predicted molar refractivity (Wildman–Crippen MR) is 87.1 cm³/mol. The molecule has 0 aliphatic carbocycles. The minimum absolute atomic E-state index is 0.287. The summed E-state index contributed by atoms with van der Waals surface area (Å²) in [6.07, 6.45) is 2.11. The van der Waals surface area contributed by atoms with Gasteiger partial charge in [0.15, 0.2) is 5.76 Å². The summed E-state index contributed by atoms with van der Waals surface area (Å²) in [5.41, 5.74) is 1.85. The Labute approximate surface area is 137 Å². The fraction of sp³-hybridized carbons (Fsp3) is 0.188. The van der Waals surface area contributed by atoms with Gasteiger partial charge in [-0.2, -0.15) is 0 Å². The number of nitrogens with one attached hydrogen (secondary N) is 1. The van der Waals surface area contributed by atoms with E-state index in [-0.39, 0.29) is 11.7 Å². The number of carbonyl (C=O) groups excluding carboxylic acids is 1. The van der Waals surface area contributed by atoms with Crippen LogP contribution in [0.5, 0.6) is 5.75 Å². The van der Waals surface area contributed by atoms with E-state index < -0.39 is 0 Å². The van der Waals surface area contributed by atoms with Crippen LogP contribution in [0.2, 0.25) is 0 Å². The fourth-order valence-electron chi connectivity index (χ4n) is 2.09. The number of nitrogens with zero attached hydrogens (tertiary/aromatic N) is 2. The second-order valence-electron chi connectivity index (χ2n) is 4.92. The topological polar surface area (TPSA) is 77.3 Å². The van der Waals surface area contributed by atoms with Gasteiger partial charge in [-0.25, -0.2) is 0 Å². The molecule has 0 aliphatic rings. The molecule has 3 rings (SSSR count). The van der Waals surface area contributed by atoms with Gasteiger partial charge in [-0.3, -0.25) is 10.1 Å². The van der Waals surface area contributed by atoms with Crippen LogP contribution in [-0.4, -0.2) is 23.2 Å². The third-order valence-corrected chi connectivity index (χ3v) is 4.08. The first-order valence-electron chi connectivity index (χ1n) is 6.96. The summed E-state index contributed by atoms with van der Waals surface area (Å²) in [6, 6.07) is 9.50. The van der Waals surface area contributed by atoms with Gasteiger partial charge in [-0.15, -0.1) is 10.2 Å². The quantitative estimate of drug-likeness (QED) is 0.777. The zero-order valence-electron chi connectivity index (χ0n) is 12.7. The third-order valence-electron chi connectivity index (χ3n) is 3.25. The SMILES string of the molecule is COc1cccc(Cc2nnc(NC(=O)c3occc3C)s2)c1. The normalized spacial score (nSPS) is 10.5. The van der Waals surface area contributed by atoms with Crippen LogP contribution in [0.3, 0.4) is 0 Å². The standard InChI is InChI=1S/C16H15N3O3S/c1-10-6-7-22-14(10)15(20)17-16-19-18-13(23-16)9-11-4-3-5-12(8-11)21-2/h3-8H,9H2,1-2H3,(H,17,19,20). The Morgan fingerprint density at radius 3 is 2.96 bits per heavy atom. The van der Waals surface area contributed by atoms with Crippen LogP contribution < -0.4 is 10.1 Å². The van der Waals surface area contributed by atoms with Gasteiger partial charge in [-0.1, -0.05) is 23.5 Å². The highest BCUT2D eigenvalue weighted by Gasteiger charge is 2.15. The predicted octanol–water partition coefficient (Wildman–Crippen LogP) is 3.29. The molecule has 0 aliphatic heterocycles.